The van der Waals surface area contributed by atoms with E-state index >= 15 is 0 Å². The van der Waals surface area contributed by atoms with Crippen LogP contribution in [0.25, 0.3) is 0 Å². The van der Waals surface area contributed by atoms with Gasteiger partial charge in [-0.25, -0.2) is 0 Å². The fraction of sp³-hybridized carbons (Fsp3) is 0.381. The number of nitrogens with one attached hydrogen (secondary N) is 2. The minimum absolute atomic E-state index is 0.00976. The van der Waals surface area contributed by atoms with Crippen LogP contribution >= 0.6 is 15.9 Å². The lowest BCUT2D eigenvalue weighted by atomic mass is 9.75. The zero-order valence-electron chi connectivity index (χ0n) is 15.7. The number of hydrogen-bond acceptors (Lipinski definition) is 3. The van der Waals surface area contributed by atoms with Crippen molar-refractivity contribution < 1.29 is 9.59 Å². The molecule has 2 aromatic rings. The molecule has 0 spiro atoms. The number of halogens is 1. The maximum absolute atomic E-state index is 12.6. The lowest BCUT2D eigenvalue weighted by Gasteiger charge is -2.29. The Hall–Kier alpha value is -2.21. The molecule has 142 valence electrons. The molecule has 6 heteroatoms. The number of aromatic nitrogens is 1. The van der Waals surface area contributed by atoms with E-state index in [-0.39, 0.29) is 22.8 Å². The molecule has 1 aromatic carbocycles. The largest absolute Gasteiger partial charge is 0.349 e. The van der Waals surface area contributed by atoms with Gasteiger partial charge in [0.1, 0.15) is 5.56 Å². The molecule has 0 saturated heterocycles. The third kappa shape index (κ3) is 4.56. The number of ketones is 1. The highest BCUT2D eigenvalue weighted by molar-refractivity contribution is 9.10. The summed E-state index contributed by atoms with van der Waals surface area (Å²) in [6.45, 7) is 5.88. The smallest absolute Gasteiger partial charge is 0.261 e. The molecule has 3 rings (SSSR count). The maximum atomic E-state index is 12.6. The Kier molecular flexibility index (Phi) is 5.38. The Morgan fingerprint density at radius 3 is 2.56 bits per heavy atom. The number of carbonyl (C=O) groups excluding carboxylic acids is 2. The van der Waals surface area contributed by atoms with Crippen molar-refractivity contribution >= 4 is 27.6 Å². The van der Waals surface area contributed by atoms with Crippen molar-refractivity contribution in [1.82, 2.24) is 10.3 Å². The number of rotatable bonds is 4. The molecular formula is C21H23BrN2O3. The second-order valence-electron chi connectivity index (χ2n) is 8.05. The summed E-state index contributed by atoms with van der Waals surface area (Å²) in [5.41, 5.74) is 1.52. The van der Waals surface area contributed by atoms with E-state index in [9.17, 15) is 14.4 Å². The number of hydrogen-bond donors (Lipinski definition) is 2. The second-order valence-corrected chi connectivity index (χ2v) is 8.97. The molecule has 1 aromatic heterocycles. The molecule has 1 amide bonds. The molecule has 2 N–H and O–H groups in total. The lowest BCUT2D eigenvalue weighted by molar-refractivity contribution is 0.0910. The SMILES string of the molecule is CC(Cc1ccc(Br)cc1)NC(=O)c1cc2c([nH]c1=O)CC(C)(C)CC2=O. The summed E-state index contributed by atoms with van der Waals surface area (Å²) in [7, 11) is 0. The molecule has 1 aliphatic carbocycles. The minimum atomic E-state index is -0.457. The Bertz CT molecular complexity index is 945. The van der Waals surface area contributed by atoms with E-state index in [4.69, 9.17) is 0 Å². The van der Waals surface area contributed by atoms with Crippen LogP contribution in [0.2, 0.25) is 0 Å². The molecule has 0 aliphatic heterocycles. The van der Waals surface area contributed by atoms with Gasteiger partial charge in [0.15, 0.2) is 5.78 Å². The minimum Gasteiger partial charge on any atom is -0.349 e. The third-order valence-electron chi connectivity index (χ3n) is 4.79. The number of Topliss-reactive ketones (excluding diaryl/α,β-unsaturated/α-hetero) is 1. The van der Waals surface area contributed by atoms with E-state index in [2.05, 4.69) is 26.2 Å². The van der Waals surface area contributed by atoms with Gasteiger partial charge in [-0.1, -0.05) is 41.9 Å². The zero-order chi connectivity index (χ0) is 19.8. The number of H-pyrrole nitrogens is 1. The van der Waals surface area contributed by atoms with Crippen LogP contribution in [0.15, 0.2) is 39.6 Å². The Morgan fingerprint density at radius 1 is 1.22 bits per heavy atom. The van der Waals surface area contributed by atoms with Crippen molar-refractivity contribution in [2.75, 3.05) is 0 Å². The molecule has 27 heavy (non-hydrogen) atoms. The fourth-order valence-corrected chi connectivity index (χ4v) is 3.79. The summed E-state index contributed by atoms with van der Waals surface area (Å²) >= 11 is 3.40. The van der Waals surface area contributed by atoms with Crippen LogP contribution in [0.5, 0.6) is 0 Å². The molecule has 1 aliphatic rings. The van der Waals surface area contributed by atoms with Gasteiger partial charge in [0.25, 0.3) is 11.5 Å². The maximum Gasteiger partial charge on any atom is 0.261 e. The van der Waals surface area contributed by atoms with Crippen molar-refractivity contribution in [2.24, 2.45) is 5.41 Å². The predicted octanol–water partition coefficient (Wildman–Crippen LogP) is 3.65. The Morgan fingerprint density at radius 2 is 1.89 bits per heavy atom. The van der Waals surface area contributed by atoms with E-state index in [0.717, 1.165) is 10.0 Å². The van der Waals surface area contributed by atoms with Crippen LogP contribution in [-0.2, 0) is 12.8 Å². The number of pyridine rings is 1. The van der Waals surface area contributed by atoms with Crippen molar-refractivity contribution in [2.45, 2.75) is 46.1 Å². The second kappa shape index (κ2) is 7.43. The summed E-state index contributed by atoms with van der Waals surface area (Å²) < 4.78 is 0.997. The highest BCUT2D eigenvalue weighted by Crippen LogP contribution is 2.33. The molecule has 1 heterocycles. The van der Waals surface area contributed by atoms with E-state index in [1.165, 1.54) is 6.07 Å². The summed E-state index contributed by atoms with van der Waals surface area (Å²) in [5, 5.41) is 2.86. The van der Waals surface area contributed by atoms with Crippen molar-refractivity contribution in [3.8, 4) is 0 Å². The molecule has 5 nitrogen and oxygen atoms in total. The number of fused-ring (bicyclic) bond motifs is 1. The summed E-state index contributed by atoms with van der Waals surface area (Å²) in [6, 6.07) is 9.17. The average molecular weight is 431 g/mol. The summed E-state index contributed by atoms with van der Waals surface area (Å²) in [4.78, 5) is 40.2. The quantitative estimate of drug-likeness (QED) is 0.776. The van der Waals surface area contributed by atoms with Gasteiger partial charge in [-0.3, -0.25) is 14.4 Å². The van der Waals surface area contributed by atoms with Crippen molar-refractivity contribution in [3.05, 3.63) is 67.5 Å². The van der Waals surface area contributed by atoms with Gasteiger partial charge in [0, 0.05) is 28.2 Å². The van der Waals surface area contributed by atoms with Crippen LogP contribution in [-0.4, -0.2) is 22.7 Å². The third-order valence-corrected chi connectivity index (χ3v) is 5.32. The normalized spacial score (nSPS) is 16.5. The van der Waals surface area contributed by atoms with Gasteiger partial charge in [0.2, 0.25) is 0 Å². The topological polar surface area (TPSA) is 79.0 Å². The van der Waals surface area contributed by atoms with Gasteiger partial charge in [-0.05, 0) is 48.9 Å². The first-order valence-electron chi connectivity index (χ1n) is 8.99. The first-order chi connectivity index (χ1) is 12.6. The standard InChI is InChI=1S/C21H23BrN2O3/c1-12(8-13-4-6-14(22)7-5-13)23-19(26)16-9-15-17(24-20(16)27)10-21(2,3)11-18(15)25/h4-7,9,12H,8,10-11H2,1-3H3,(H,23,26)(H,24,27). The van der Waals surface area contributed by atoms with E-state index < -0.39 is 11.5 Å². The number of aromatic amines is 1. The first kappa shape index (κ1) is 19.5. The van der Waals surface area contributed by atoms with E-state index in [1.54, 1.807) is 0 Å². The molecule has 0 radical (unpaired) electrons. The van der Waals surface area contributed by atoms with Gasteiger partial charge in [-0.2, -0.15) is 0 Å². The zero-order valence-corrected chi connectivity index (χ0v) is 17.3. The van der Waals surface area contributed by atoms with Gasteiger partial charge >= 0.3 is 0 Å². The molecule has 0 bridgehead atoms. The molecule has 0 fully saturated rings. The van der Waals surface area contributed by atoms with Crippen molar-refractivity contribution in [3.63, 3.8) is 0 Å². The van der Waals surface area contributed by atoms with Crippen LogP contribution < -0.4 is 10.9 Å². The van der Waals surface area contributed by atoms with E-state index in [0.29, 0.717) is 30.5 Å². The monoisotopic (exact) mass is 430 g/mol. The predicted molar refractivity (Wildman–Crippen MR) is 108 cm³/mol. The summed E-state index contributed by atoms with van der Waals surface area (Å²) in [5.74, 6) is -0.490. The number of carbonyl (C=O) groups is 2. The van der Waals surface area contributed by atoms with Crippen molar-refractivity contribution in [1.29, 1.82) is 0 Å². The molecule has 1 atom stereocenters. The van der Waals surface area contributed by atoms with Gasteiger partial charge in [-0.15, -0.1) is 0 Å². The first-order valence-corrected chi connectivity index (χ1v) is 9.79. The Labute approximate surface area is 166 Å². The van der Waals surface area contributed by atoms with Crippen LogP contribution in [0, 0.1) is 5.41 Å². The highest BCUT2D eigenvalue weighted by atomic mass is 79.9. The molecule has 1 unspecified atom stereocenters. The average Bonchev–Trinajstić information content (AvgIpc) is 2.55. The molecule has 0 saturated carbocycles. The van der Waals surface area contributed by atoms with E-state index in [1.807, 2.05) is 45.0 Å². The number of benzene rings is 1. The van der Waals surface area contributed by atoms with Gasteiger partial charge in [0.05, 0.1) is 0 Å². The molecular weight excluding hydrogens is 408 g/mol. The van der Waals surface area contributed by atoms with Crippen LogP contribution in [0.1, 0.15) is 59.2 Å². The Balaban J connectivity index is 1.77. The van der Waals surface area contributed by atoms with Crippen LogP contribution in [0.4, 0.5) is 0 Å². The highest BCUT2D eigenvalue weighted by Gasteiger charge is 2.32. The summed E-state index contributed by atoms with van der Waals surface area (Å²) in [6.07, 6.45) is 1.67. The van der Waals surface area contributed by atoms with Crippen LogP contribution in [0.3, 0.4) is 0 Å². The number of amides is 1. The lowest BCUT2D eigenvalue weighted by Crippen LogP contribution is -2.38. The fourth-order valence-electron chi connectivity index (χ4n) is 3.52. The van der Waals surface area contributed by atoms with Gasteiger partial charge < -0.3 is 10.3 Å².